The first-order chi connectivity index (χ1) is 11.0. The monoisotopic (exact) mass is 333 g/mol. The molecule has 0 aliphatic rings. The molecule has 0 aliphatic heterocycles. The van der Waals surface area contributed by atoms with Gasteiger partial charge < -0.3 is 10.1 Å². The smallest absolute Gasteiger partial charge is 0.260 e. The molecule has 23 heavy (non-hydrogen) atoms. The first-order valence-corrected chi connectivity index (χ1v) is 7.47. The number of aromatic amines is 1. The number of ether oxygens (including phenoxy) is 1. The van der Waals surface area contributed by atoms with Gasteiger partial charge in [0.05, 0.1) is 23.8 Å². The summed E-state index contributed by atoms with van der Waals surface area (Å²) in [6, 6.07) is 4.86. The molecule has 0 saturated heterocycles. The molecule has 8 heteroatoms. The molecular formula is C15H16ClN5O2. The number of nitrogens with one attached hydrogen (secondary N) is 2. The van der Waals surface area contributed by atoms with Gasteiger partial charge in [0.1, 0.15) is 11.6 Å². The van der Waals surface area contributed by atoms with Crippen molar-refractivity contribution in [3.05, 3.63) is 34.5 Å². The second-order valence-electron chi connectivity index (χ2n) is 5.02. The molecule has 7 nitrogen and oxygen atoms in total. The van der Waals surface area contributed by atoms with E-state index >= 15 is 0 Å². The number of fused-ring (bicyclic) bond motifs is 1. The first kappa shape index (κ1) is 15.4. The number of methoxy groups -OCH3 is 1. The molecule has 2 heterocycles. The van der Waals surface area contributed by atoms with Crippen molar-refractivity contribution in [3.63, 3.8) is 0 Å². The lowest BCUT2D eigenvalue weighted by Crippen LogP contribution is -2.13. The van der Waals surface area contributed by atoms with Crippen molar-refractivity contribution in [2.75, 3.05) is 12.4 Å². The molecule has 0 atom stereocenters. The van der Waals surface area contributed by atoms with Gasteiger partial charge in [-0.25, -0.2) is 4.68 Å². The minimum absolute atomic E-state index is 0.310. The number of aryl methyl sites for hydroxylation is 2. The molecule has 0 radical (unpaired) electrons. The van der Waals surface area contributed by atoms with E-state index in [1.54, 1.807) is 22.9 Å². The summed E-state index contributed by atoms with van der Waals surface area (Å²) in [5.41, 5.74) is 1.96. The van der Waals surface area contributed by atoms with Crippen LogP contribution in [0.5, 0.6) is 5.75 Å². The van der Waals surface area contributed by atoms with Gasteiger partial charge in [-0.15, -0.1) is 0 Å². The number of rotatable bonds is 4. The Hall–Kier alpha value is -2.54. The maximum atomic E-state index is 12.5. The van der Waals surface area contributed by atoms with Crippen molar-refractivity contribution in [1.29, 1.82) is 0 Å². The van der Waals surface area contributed by atoms with Gasteiger partial charge in [0, 0.05) is 12.1 Å². The van der Waals surface area contributed by atoms with Crippen molar-refractivity contribution in [1.82, 2.24) is 20.0 Å². The summed E-state index contributed by atoms with van der Waals surface area (Å²) in [5, 5.41) is 15.6. The third-order valence-electron chi connectivity index (χ3n) is 3.59. The maximum absolute atomic E-state index is 12.5. The SMILES string of the molecule is CCc1nn(C)c2n[nH]c(NC(=O)c3ccc(Cl)cc3OC)c12. The number of halogens is 1. The highest BCUT2D eigenvalue weighted by Gasteiger charge is 2.19. The summed E-state index contributed by atoms with van der Waals surface area (Å²) in [7, 11) is 3.31. The first-order valence-electron chi connectivity index (χ1n) is 7.10. The Balaban J connectivity index is 1.98. The molecule has 3 aromatic rings. The van der Waals surface area contributed by atoms with Gasteiger partial charge >= 0.3 is 0 Å². The van der Waals surface area contributed by atoms with Crippen molar-refractivity contribution in [3.8, 4) is 5.75 Å². The molecule has 2 N–H and O–H groups in total. The average molecular weight is 334 g/mol. The van der Waals surface area contributed by atoms with E-state index in [1.165, 1.54) is 7.11 Å². The highest BCUT2D eigenvalue weighted by atomic mass is 35.5. The number of anilines is 1. The van der Waals surface area contributed by atoms with Gasteiger partial charge in [-0.1, -0.05) is 18.5 Å². The lowest BCUT2D eigenvalue weighted by Gasteiger charge is -2.08. The van der Waals surface area contributed by atoms with Crippen LogP contribution in [0.3, 0.4) is 0 Å². The summed E-state index contributed by atoms with van der Waals surface area (Å²) < 4.78 is 6.90. The molecule has 0 spiro atoms. The van der Waals surface area contributed by atoms with Gasteiger partial charge in [-0.05, 0) is 24.6 Å². The molecule has 0 bridgehead atoms. The molecule has 0 aliphatic carbocycles. The quantitative estimate of drug-likeness (QED) is 0.768. The zero-order chi connectivity index (χ0) is 16.6. The number of carbonyl (C=O) groups excluding carboxylic acids is 1. The van der Waals surface area contributed by atoms with Crippen molar-refractivity contribution >= 4 is 34.4 Å². The van der Waals surface area contributed by atoms with E-state index in [2.05, 4.69) is 20.6 Å². The van der Waals surface area contributed by atoms with E-state index in [-0.39, 0.29) is 5.91 Å². The summed E-state index contributed by atoms with van der Waals surface area (Å²) in [4.78, 5) is 12.5. The highest BCUT2D eigenvalue weighted by Crippen LogP contribution is 2.27. The molecule has 2 aromatic heterocycles. The average Bonchev–Trinajstić information content (AvgIpc) is 3.09. The molecule has 0 unspecified atom stereocenters. The number of H-pyrrole nitrogens is 1. The number of carbonyl (C=O) groups is 1. The number of amides is 1. The maximum Gasteiger partial charge on any atom is 0.260 e. The second-order valence-corrected chi connectivity index (χ2v) is 5.46. The summed E-state index contributed by atoms with van der Waals surface area (Å²) in [6.07, 6.45) is 0.740. The largest absolute Gasteiger partial charge is 0.496 e. The van der Waals surface area contributed by atoms with Crippen LogP contribution in [0.4, 0.5) is 5.82 Å². The van der Waals surface area contributed by atoms with Gasteiger partial charge in [-0.2, -0.15) is 10.2 Å². The van der Waals surface area contributed by atoms with E-state index in [4.69, 9.17) is 16.3 Å². The Morgan fingerprint density at radius 1 is 1.48 bits per heavy atom. The number of benzene rings is 1. The predicted octanol–water partition coefficient (Wildman–Crippen LogP) is 2.77. The normalized spacial score (nSPS) is 11.0. The Morgan fingerprint density at radius 2 is 2.26 bits per heavy atom. The van der Waals surface area contributed by atoms with Crippen LogP contribution in [0.15, 0.2) is 18.2 Å². The van der Waals surface area contributed by atoms with Crippen molar-refractivity contribution < 1.29 is 9.53 Å². The summed E-state index contributed by atoms with van der Waals surface area (Å²) >= 11 is 5.92. The van der Waals surface area contributed by atoms with Crippen LogP contribution in [0.1, 0.15) is 23.0 Å². The second kappa shape index (κ2) is 5.92. The fourth-order valence-electron chi connectivity index (χ4n) is 2.49. The van der Waals surface area contributed by atoms with Crippen LogP contribution in [0.25, 0.3) is 11.0 Å². The van der Waals surface area contributed by atoms with Gasteiger partial charge in [0.2, 0.25) is 0 Å². The van der Waals surface area contributed by atoms with Gasteiger partial charge in [0.15, 0.2) is 5.65 Å². The molecule has 1 aromatic carbocycles. The standard InChI is InChI=1S/C15H16ClN5O2/c1-4-10-12-13(18-19-14(12)21(2)20-10)17-15(22)9-6-5-8(16)7-11(9)23-3/h5-7H,4H2,1-3H3,(H2,17,18,19,22). The van der Waals surface area contributed by atoms with E-state index in [0.717, 1.165) is 17.5 Å². The van der Waals surface area contributed by atoms with Crippen molar-refractivity contribution in [2.45, 2.75) is 13.3 Å². The number of hydrogen-bond acceptors (Lipinski definition) is 4. The topological polar surface area (TPSA) is 84.8 Å². The van der Waals surface area contributed by atoms with Crippen molar-refractivity contribution in [2.24, 2.45) is 7.05 Å². The molecule has 120 valence electrons. The molecule has 0 fully saturated rings. The van der Waals surface area contributed by atoms with Crippen LogP contribution in [-0.2, 0) is 13.5 Å². The van der Waals surface area contributed by atoms with Crippen LogP contribution >= 0.6 is 11.6 Å². The third-order valence-corrected chi connectivity index (χ3v) is 3.83. The minimum Gasteiger partial charge on any atom is -0.496 e. The Bertz CT molecular complexity index is 884. The van der Waals surface area contributed by atoms with Gasteiger partial charge in [-0.3, -0.25) is 9.89 Å². The number of aromatic nitrogens is 4. The van der Waals surface area contributed by atoms with Crippen LogP contribution in [0, 0.1) is 0 Å². The third kappa shape index (κ3) is 2.63. The Kier molecular flexibility index (Phi) is 3.96. The molecular weight excluding hydrogens is 318 g/mol. The van der Waals surface area contributed by atoms with E-state index in [0.29, 0.717) is 27.8 Å². The minimum atomic E-state index is -0.310. The predicted molar refractivity (Wildman–Crippen MR) is 88.2 cm³/mol. The number of nitrogens with zero attached hydrogens (tertiary/aromatic N) is 3. The Labute approximate surface area is 137 Å². The fraction of sp³-hybridized carbons (Fsp3) is 0.267. The summed E-state index contributed by atoms with van der Waals surface area (Å²) in [6.45, 7) is 2.00. The van der Waals surface area contributed by atoms with Crippen LogP contribution < -0.4 is 10.1 Å². The lowest BCUT2D eigenvalue weighted by molar-refractivity contribution is 0.102. The van der Waals surface area contributed by atoms with Crippen LogP contribution in [-0.4, -0.2) is 33.0 Å². The summed E-state index contributed by atoms with van der Waals surface area (Å²) in [5.74, 6) is 0.620. The van der Waals surface area contributed by atoms with E-state index in [9.17, 15) is 4.79 Å². The van der Waals surface area contributed by atoms with Gasteiger partial charge in [0.25, 0.3) is 5.91 Å². The molecule has 0 saturated carbocycles. The highest BCUT2D eigenvalue weighted by molar-refractivity contribution is 6.31. The zero-order valence-corrected chi connectivity index (χ0v) is 13.7. The van der Waals surface area contributed by atoms with E-state index < -0.39 is 0 Å². The fourth-order valence-corrected chi connectivity index (χ4v) is 2.65. The Morgan fingerprint density at radius 3 is 2.96 bits per heavy atom. The van der Waals surface area contributed by atoms with Crippen LogP contribution in [0.2, 0.25) is 5.02 Å². The zero-order valence-electron chi connectivity index (χ0n) is 13.0. The number of hydrogen-bond donors (Lipinski definition) is 2. The van der Waals surface area contributed by atoms with E-state index in [1.807, 2.05) is 14.0 Å². The molecule has 1 amide bonds. The molecule has 3 rings (SSSR count). The lowest BCUT2D eigenvalue weighted by atomic mass is 10.2.